The molecule has 1 aliphatic carbocycles. The van der Waals surface area contributed by atoms with Gasteiger partial charge in [-0.15, -0.1) is 0 Å². The van der Waals surface area contributed by atoms with Crippen LogP contribution in [0.25, 0.3) is 0 Å². The van der Waals surface area contributed by atoms with Crippen LogP contribution in [-0.2, 0) is 24.3 Å². The molecule has 0 unspecified atom stereocenters. The quantitative estimate of drug-likeness (QED) is 0.620. The molecule has 1 fully saturated rings. The summed E-state index contributed by atoms with van der Waals surface area (Å²) in [5.41, 5.74) is -1.01. The monoisotopic (exact) mass is 279 g/mol. The average Bonchev–Trinajstić information content (AvgIpc) is 2.14. The Kier molecular flexibility index (Phi) is 4.69. The Labute approximate surface area is 106 Å². The molecule has 0 heterocycles. The second kappa shape index (κ2) is 5.66. The topological polar surface area (TPSA) is 110 Å². The van der Waals surface area contributed by atoms with Crippen LogP contribution >= 0.6 is 0 Å². The van der Waals surface area contributed by atoms with Crippen LogP contribution in [0.15, 0.2) is 0 Å². The van der Waals surface area contributed by atoms with Crippen molar-refractivity contribution in [1.29, 1.82) is 0 Å². The first-order chi connectivity index (χ1) is 8.31. The van der Waals surface area contributed by atoms with E-state index in [1.165, 1.54) is 0 Å². The normalized spacial score (nSPS) is 17.8. The zero-order chi connectivity index (χ0) is 13.8. The van der Waals surface area contributed by atoms with E-state index in [4.69, 9.17) is 5.11 Å². The van der Waals surface area contributed by atoms with Gasteiger partial charge in [0.1, 0.15) is 0 Å². The number of carbonyl (C=O) groups is 2. The summed E-state index contributed by atoms with van der Waals surface area (Å²) in [6, 6.07) is 0. The van der Waals surface area contributed by atoms with Gasteiger partial charge in [-0.25, -0.2) is 13.1 Å². The molecule has 104 valence electrons. The SMILES string of the molecule is CCOC(=O)CS(=O)(=O)NCC1(C(=O)O)CCC1. The molecule has 1 aliphatic rings. The van der Waals surface area contributed by atoms with Gasteiger partial charge < -0.3 is 9.84 Å². The number of ether oxygens (including phenoxy) is 1. The molecule has 2 N–H and O–H groups in total. The molecule has 1 saturated carbocycles. The highest BCUT2D eigenvalue weighted by Crippen LogP contribution is 2.40. The van der Waals surface area contributed by atoms with Crippen LogP contribution in [0.3, 0.4) is 0 Å². The van der Waals surface area contributed by atoms with Crippen molar-refractivity contribution >= 4 is 22.0 Å². The standard InChI is InChI=1S/C10H17NO6S/c1-2-17-8(12)6-18(15,16)11-7-10(9(13)14)4-3-5-10/h11H,2-7H2,1H3,(H,13,14). The fraction of sp³-hybridized carbons (Fsp3) is 0.800. The number of aliphatic carboxylic acids is 1. The molecule has 0 aliphatic heterocycles. The minimum atomic E-state index is -3.83. The van der Waals surface area contributed by atoms with Crippen molar-refractivity contribution in [1.82, 2.24) is 4.72 Å². The number of carboxylic acid groups (broad SMARTS) is 1. The van der Waals surface area contributed by atoms with E-state index in [1.54, 1.807) is 6.92 Å². The Morgan fingerprint density at radius 3 is 2.39 bits per heavy atom. The lowest BCUT2D eigenvalue weighted by Crippen LogP contribution is -2.48. The van der Waals surface area contributed by atoms with Gasteiger partial charge in [-0.1, -0.05) is 6.42 Å². The van der Waals surface area contributed by atoms with Gasteiger partial charge in [0, 0.05) is 6.54 Å². The fourth-order valence-electron chi connectivity index (χ4n) is 1.73. The van der Waals surface area contributed by atoms with Crippen molar-refractivity contribution in [2.75, 3.05) is 18.9 Å². The number of sulfonamides is 1. The van der Waals surface area contributed by atoms with Crippen molar-refractivity contribution in [3.8, 4) is 0 Å². The smallest absolute Gasteiger partial charge is 0.322 e. The number of nitrogens with one attached hydrogen (secondary N) is 1. The number of carboxylic acids is 1. The molecule has 0 atom stereocenters. The van der Waals surface area contributed by atoms with Gasteiger partial charge in [0.2, 0.25) is 10.0 Å². The van der Waals surface area contributed by atoms with E-state index in [0.717, 1.165) is 6.42 Å². The van der Waals surface area contributed by atoms with E-state index >= 15 is 0 Å². The van der Waals surface area contributed by atoms with Gasteiger partial charge >= 0.3 is 11.9 Å². The fourth-order valence-corrected chi connectivity index (χ4v) is 2.72. The van der Waals surface area contributed by atoms with E-state index in [0.29, 0.717) is 12.8 Å². The molecule has 0 aromatic heterocycles. The number of hydrogen-bond acceptors (Lipinski definition) is 5. The first-order valence-corrected chi connectivity index (χ1v) is 7.33. The second-order valence-electron chi connectivity index (χ2n) is 4.32. The van der Waals surface area contributed by atoms with Gasteiger partial charge in [0.15, 0.2) is 5.75 Å². The zero-order valence-electron chi connectivity index (χ0n) is 10.1. The highest BCUT2D eigenvalue weighted by molar-refractivity contribution is 7.90. The van der Waals surface area contributed by atoms with Gasteiger partial charge in [0.05, 0.1) is 12.0 Å². The third-order valence-electron chi connectivity index (χ3n) is 3.01. The van der Waals surface area contributed by atoms with Crippen molar-refractivity contribution < 1.29 is 27.9 Å². The Hall–Kier alpha value is -1.15. The third kappa shape index (κ3) is 3.67. The Morgan fingerprint density at radius 2 is 2.00 bits per heavy atom. The summed E-state index contributed by atoms with van der Waals surface area (Å²) < 4.78 is 29.7. The van der Waals surface area contributed by atoms with Crippen LogP contribution in [0.4, 0.5) is 0 Å². The zero-order valence-corrected chi connectivity index (χ0v) is 11.0. The van der Waals surface area contributed by atoms with E-state index in [-0.39, 0.29) is 13.2 Å². The van der Waals surface area contributed by atoms with Gasteiger partial charge in [0.25, 0.3) is 0 Å². The highest BCUT2D eigenvalue weighted by atomic mass is 32.2. The van der Waals surface area contributed by atoms with Crippen molar-refractivity contribution in [2.24, 2.45) is 5.41 Å². The van der Waals surface area contributed by atoms with Gasteiger partial charge in [-0.05, 0) is 19.8 Å². The van der Waals surface area contributed by atoms with Crippen LogP contribution < -0.4 is 4.72 Å². The van der Waals surface area contributed by atoms with E-state index in [9.17, 15) is 18.0 Å². The predicted octanol–water partition coefficient (Wildman–Crippen LogP) is -0.276. The van der Waals surface area contributed by atoms with Gasteiger partial charge in [-0.3, -0.25) is 9.59 Å². The van der Waals surface area contributed by atoms with Crippen LogP contribution in [0.5, 0.6) is 0 Å². The van der Waals surface area contributed by atoms with Crippen LogP contribution in [0.2, 0.25) is 0 Å². The summed E-state index contributed by atoms with van der Waals surface area (Å²) in [4.78, 5) is 22.1. The van der Waals surface area contributed by atoms with Crippen LogP contribution in [-0.4, -0.2) is 44.4 Å². The molecular formula is C10H17NO6S. The predicted molar refractivity (Wildman–Crippen MR) is 62.3 cm³/mol. The minimum Gasteiger partial charge on any atom is -0.481 e. The maximum absolute atomic E-state index is 11.5. The molecule has 7 nitrogen and oxygen atoms in total. The first-order valence-electron chi connectivity index (χ1n) is 5.68. The molecule has 18 heavy (non-hydrogen) atoms. The van der Waals surface area contributed by atoms with E-state index in [1.807, 2.05) is 0 Å². The van der Waals surface area contributed by atoms with Crippen molar-refractivity contribution in [2.45, 2.75) is 26.2 Å². The second-order valence-corrected chi connectivity index (χ2v) is 6.13. The van der Waals surface area contributed by atoms with Crippen molar-refractivity contribution in [3.05, 3.63) is 0 Å². The van der Waals surface area contributed by atoms with Crippen molar-refractivity contribution in [3.63, 3.8) is 0 Å². The summed E-state index contributed by atoms with van der Waals surface area (Å²) in [5, 5.41) is 9.02. The van der Waals surface area contributed by atoms with Crippen LogP contribution in [0.1, 0.15) is 26.2 Å². The Bertz CT molecular complexity index is 426. The number of hydrogen-bond donors (Lipinski definition) is 2. The maximum Gasteiger partial charge on any atom is 0.322 e. The maximum atomic E-state index is 11.5. The number of esters is 1. The minimum absolute atomic E-state index is 0.105. The number of rotatable bonds is 7. The Balaban J connectivity index is 2.51. The highest BCUT2D eigenvalue weighted by Gasteiger charge is 2.44. The molecule has 0 saturated heterocycles. The third-order valence-corrected chi connectivity index (χ3v) is 4.21. The molecule has 0 radical (unpaired) electrons. The van der Waals surface area contributed by atoms with E-state index < -0.39 is 33.1 Å². The number of carbonyl (C=O) groups excluding carboxylic acids is 1. The summed E-state index contributed by atoms with van der Waals surface area (Å²) in [5.74, 6) is -2.63. The lowest BCUT2D eigenvalue weighted by Gasteiger charge is -2.37. The lowest BCUT2D eigenvalue weighted by atomic mass is 9.69. The molecule has 0 amide bonds. The molecule has 0 aromatic rings. The van der Waals surface area contributed by atoms with E-state index in [2.05, 4.69) is 9.46 Å². The van der Waals surface area contributed by atoms with Crippen LogP contribution in [0, 0.1) is 5.41 Å². The van der Waals surface area contributed by atoms with Gasteiger partial charge in [-0.2, -0.15) is 0 Å². The molecular weight excluding hydrogens is 262 g/mol. The largest absolute Gasteiger partial charge is 0.481 e. The average molecular weight is 279 g/mol. The molecule has 1 rings (SSSR count). The molecule has 8 heteroatoms. The Morgan fingerprint density at radius 1 is 1.39 bits per heavy atom. The summed E-state index contributed by atoms with van der Waals surface area (Å²) in [6.45, 7) is 1.50. The molecule has 0 aromatic carbocycles. The summed E-state index contributed by atoms with van der Waals surface area (Å²) >= 11 is 0. The summed E-state index contributed by atoms with van der Waals surface area (Å²) in [6.07, 6.45) is 1.67. The molecule has 0 spiro atoms. The lowest BCUT2D eigenvalue weighted by molar-refractivity contribution is -0.153. The summed E-state index contributed by atoms with van der Waals surface area (Å²) in [7, 11) is -3.83. The molecule has 0 bridgehead atoms. The first kappa shape index (κ1) is 14.9.